The van der Waals surface area contributed by atoms with Gasteiger partial charge in [0.05, 0.1) is 13.3 Å². The molecule has 2 aromatic rings. The summed E-state index contributed by atoms with van der Waals surface area (Å²) in [6.07, 6.45) is 1.80. The van der Waals surface area contributed by atoms with Gasteiger partial charge in [0, 0.05) is 37.5 Å². The Bertz CT molecular complexity index is 602. The third-order valence-electron chi connectivity index (χ3n) is 3.43. The molecule has 0 aliphatic rings. The third kappa shape index (κ3) is 2.82. The van der Waals surface area contributed by atoms with Crippen LogP contribution in [0.4, 0.5) is 0 Å². The van der Waals surface area contributed by atoms with Gasteiger partial charge in [0.15, 0.2) is 0 Å². The van der Waals surface area contributed by atoms with Crippen LogP contribution in [0.25, 0.3) is 0 Å². The molecule has 0 radical (unpaired) electrons. The highest BCUT2D eigenvalue weighted by Gasteiger charge is 2.14. The predicted octanol–water partition coefficient (Wildman–Crippen LogP) is 2.01. The predicted molar refractivity (Wildman–Crippen MR) is 76.7 cm³/mol. The summed E-state index contributed by atoms with van der Waals surface area (Å²) < 4.78 is 6.89. The van der Waals surface area contributed by atoms with Gasteiger partial charge in [-0.1, -0.05) is 0 Å². The van der Waals surface area contributed by atoms with Crippen molar-refractivity contribution in [1.29, 1.82) is 0 Å². The van der Waals surface area contributed by atoms with Crippen molar-refractivity contribution in [3.63, 3.8) is 0 Å². The zero-order valence-corrected chi connectivity index (χ0v) is 12.3. The average Bonchev–Trinajstić information content (AvgIpc) is 2.78. The molecule has 0 saturated heterocycles. The number of carbonyl (C=O) groups excluding carboxylic acids is 1. The lowest BCUT2D eigenvalue weighted by Crippen LogP contribution is -2.26. The molecule has 1 aromatic carbocycles. The molecule has 1 aromatic heterocycles. The van der Waals surface area contributed by atoms with Crippen molar-refractivity contribution in [3.8, 4) is 5.75 Å². The van der Waals surface area contributed by atoms with E-state index < -0.39 is 0 Å². The van der Waals surface area contributed by atoms with Crippen molar-refractivity contribution in [1.82, 2.24) is 14.7 Å². The molecule has 5 heteroatoms. The number of amides is 1. The summed E-state index contributed by atoms with van der Waals surface area (Å²) in [5, 5.41) is 4.19. The number of carbonyl (C=O) groups is 1. The SMILES string of the molecule is COc1ccc(C(=O)N(C)Cc2cnn(C)c2C)cc1. The van der Waals surface area contributed by atoms with Crippen LogP contribution >= 0.6 is 0 Å². The molecule has 0 bridgehead atoms. The summed E-state index contributed by atoms with van der Waals surface area (Å²) in [5.74, 6) is 0.725. The summed E-state index contributed by atoms with van der Waals surface area (Å²) in [6.45, 7) is 2.54. The van der Waals surface area contributed by atoms with Gasteiger partial charge in [-0.3, -0.25) is 9.48 Å². The van der Waals surface area contributed by atoms with Gasteiger partial charge in [-0.05, 0) is 31.2 Å². The van der Waals surface area contributed by atoms with E-state index in [1.807, 2.05) is 14.0 Å². The first-order valence-corrected chi connectivity index (χ1v) is 6.40. The molecular formula is C15H19N3O2. The van der Waals surface area contributed by atoms with Crippen LogP contribution in [0.15, 0.2) is 30.5 Å². The lowest BCUT2D eigenvalue weighted by molar-refractivity contribution is 0.0785. The van der Waals surface area contributed by atoms with E-state index in [-0.39, 0.29) is 5.91 Å². The second-order valence-corrected chi connectivity index (χ2v) is 4.77. The number of hydrogen-bond acceptors (Lipinski definition) is 3. The first-order valence-electron chi connectivity index (χ1n) is 6.40. The topological polar surface area (TPSA) is 47.4 Å². The second-order valence-electron chi connectivity index (χ2n) is 4.77. The minimum absolute atomic E-state index is 0.0177. The quantitative estimate of drug-likeness (QED) is 0.856. The standard InChI is InChI=1S/C15H19N3O2/c1-11-13(9-16-18(11)3)10-17(2)15(19)12-5-7-14(20-4)8-6-12/h5-9H,10H2,1-4H3. The van der Waals surface area contributed by atoms with Crippen LogP contribution in [0.2, 0.25) is 0 Å². The average molecular weight is 273 g/mol. The van der Waals surface area contributed by atoms with E-state index in [2.05, 4.69) is 5.10 Å². The molecule has 0 fully saturated rings. The molecule has 0 aliphatic carbocycles. The van der Waals surface area contributed by atoms with Gasteiger partial charge in [0.2, 0.25) is 0 Å². The molecule has 106 valence electrons. The van der Waals surface area contributed by atoms with Crippen LogP contribution < -0.4 is 4.74 Å². The van der Waals surface area contributed by atoms with Crippen LogP contribution in [-0.4, -0.2) is 34.7 Å². The van der Waals surface area contributed by atoms with Crippen LogP contribution in [-0.2, 0) is 13.6 Å². The van der Waals surface area contributed by atoms with Gasteiger partial charge in [-0.2, -0.15) is 5.10 Å². The molecule has 1 amide bonds. The van der Waals surface area contributed by atoms with Crippen molar-refractivity contribution >= 4 is 5.91 Å². The Balaban J connectivity index is 2.09. The van der Waals surface area contributed by atoms with Crippen LogP contribution in [0, 0.1) is 6.92 Å². The van der Waals surface area contributed by atoms with Crippen LogP contribution in [0.3, 0.4) is 0 Å². The number of hydrogen-bond donors (Lipinski definition) is 0. The Morgan fingerprint density at radius 2 is 2.00 bits per heavy atom. The number of aromatic nitrogens is 2. The van der Waals surface area contributed by atoms with Gasteiger partial charge in [-0.15, -0.1) is 0 Å². The molecule has 0 spiro atoms. The third-order valence-corrected chi connectivity index (χ3v) is 3.43. The molecule has 0 aliphatic heterocycles. The van der Waals surface area contributed by atoms with Gasteiger partial charge in [-0.25, -0.2) is 0 Å². The smallest absolute Gasteiger partial charge is 0.253 e. The Labute approximate surface area is 118 Å². The number of benzene rings is 1. The minimum Gasteiger partial charge on any atom is -0.497 e. The summed E-state index contributed by atoms with van der Waals surface area (Å²) in [4.78, 5) is 14.0. The minimum atomic E-state index is -0.0177. The maximum Gasteiger partial charge on any atom is 0.253 e. The van der Waals surface area contributed by atoms with Gasteiger partial charge >= 0.3 is 0 Å². The first-order chi connectivity index (χ1) is 9.52. The normalized spacial score (nSPS) is 10.4. The van der Waals surface area contributed by atoms with E-state index in [9.17, 15) is 4.79 Å². The zero-order valence-electron chi connectivity index (χ0n) is 12.3. The maximum absolute atomic E-state index is 12.3. The van der Waals surface area contributed by atoms with E-state index in [4.69, 9.17) is 4.74 Å². The fourth-order valence-corrected chi connectivity index (χ4v) is 1.98. The van der Waals surface area contributed by atoms with E-state index in [0.29, 0.717) is 12.1 Å². The first kappa shape index (κ1) is 14.1. The van der Waals surface area contributed by atoms with Crippen LogP contribution in [0.1, 0.15) is 21.6 Å². The summed E-state index contributed by atoms with van der Waals surface area (Å²) >= 11 is 0. The van der Waals surface area contributed by atoms with Gasteiger partial charge < -0.3 is 9.64 Å². The molecule has 0 atom stereocenters. The van der Waals surface area contributed by atoms with Crippen molar-refractivity contribution in [3.05, 3.63) is 47.3 Å². The summed E-state index contributed by atoms with van der Waals surface area (Å²) in [7, 11) is 5.29. The lowest BCUT2D eigenvalue weighted by atomic mass is 10.1. The Morgan fingerprint density at radius 3 is 2.50 bits per heavy atom. The number of methoxy groups -OCH3 is 1. The number of aryl methyl sites for hydroxylation is 1. The molecule has 0 unspecified atom stereocenters. The molecule has 5 nitrogen and oxygen atoms in total. The number of ether oxygens (including phenoxy) is 1. The van der Waals surface area contributed by atoms with Gasteiger partial charge in [0.25, 0.3) is 5.91 Å². The van der Waals surface area contributed by atoms with E-state index in [1.54, 1.807) is 54.2 Å². The van der Waals surface area contributed by atoms with E-state index >= 15 is 0 Å². The second kappa shape index (κ2) is 5.77. The molecule has 0 N–H and O–H groups in total. The Morgan fingerprint density at radius 1 is 1.35 bits per heavy atom. The monoisotopic (exact) mass is 273 g/mol. The number of rotatable bonds is 4. The Hall–Kier alpha value is -2.30. The molecule has 0 saturated carbocycles. The van der Waals surface area contributed by atoms with Crippen LogP contribution in [0.5, 0.6) is 5.75 Å². The number of nitrogens with zero attached hydrogens (tertiary/aromatic N) is 3. The lowest BCUT2D eigenvalue weighted by Gasteiger charge is -2.17. The largest absolute Gasteiger partial charge is 0.497 e. The molecule has 1 heterocycles. The summed E-state index contributed by atoms with van der Waals surface area (Å²) in [5.41, 5.74) is 2.77. The molecule has 20 heavy (non-hydrogen) atoms. The zero-order chi connectivity index (χ0) is 14.7. The van der Waals surface area contributed by atoms with E-state index in [0.717, 1.165) is 17.0 Å². The van der Waals surface area contributed by atoms with Crippen molar-refractivity contribution in [2.75, 3.05) is 14.2 Å². The Kier molecular flexibility index (Phi) is 4.08. The highest BCUT2D eigenvalue weighted by molar-refractivity contribution is 5.94. The summed E-state index contributed by atoms with van der Waals surface area (Å²) in [6, 6.07) is 7.12. The highest BCUT2D eigenvalue weighted by atomic mass is 16.5. The highest BCUT2D eigenvalue weighted by Crippen LogP contribution is 2.14. The van der Waals surface area contributed by atoms with Gasteiger partial charge in [0.1, 0.15) is 5.75 Å². The van der Waals surface area contributed by atoms with Crippen molar-refractivity contribution < 1.29 is 9.53 Å². The van der Waals surface area contributed by atoms with Crippen molar-refractivity contribution in [2.45, 2.75) is 13.5 Å². The van der Waals surface area contributed by atoms with E-state index in [1.165, 1.54) is 0 Å². The molecular weight excluding hydrogens is 254 g/mol. The molecule has 2 rings (SSSR count). The van der Waals surface area contributed by atoms with Crippen molar-refractivity contribution in [2.24, 2.45) is 7.05 Å². The fourth-order valence-electron chi connectivity index (χ4n) is 1.98. The maximum atomic E-state index is 12.3. The fraction of sp³-hybridized carbons (Fsp3) is 0.333.